The minimum absolute atomic E-state index is 0.00724. The Balaban J connectivity index is 1.71. The zero-order valence-corrected chi connectivity index (χ0v) is 17.4. The Morgan fingerprint density at radius 3 is 2.79 bits per heavy atom. The van der Waals surface area contributed by atoms with E-state index >= 15 is 0 Å². The van der Waals surface area contributed by atoms with Crippen LogP contribution in [0.2, 0.25) is 0 Å². The van der Waals surface area contributed by atoms with E-state index in [-0.39, 0.29) is 23.3 Å². The lowest BCUT2D eigenvalue weighted by Crippen LogP contribution is -2.49. The minimum atomic E-state index is -0.438. The predicted octanol–water partition coefficient (Wildman–Crippen LogP) is 3.28. The number of pyridine rings is 1. The van der Waals surface area contributed by atoms with Gasteiger partial charge < -0.3 is 14.4 Å². The molecule has 152 valence electrons. The van der Waals surface area contributed by atoms with Gasteiger partial charge in [0, 0.05) is 49.2 Å². The van der Waals surface area contributed by atoms with E-state index in [1.807, 2.05) is 20.0 Å². The largest absolute Gasteiger partial charge is 0.455 e. The van der Waals surface area contributed by atoms with Crippen molar-refractivity contribution in [2.45, 2.75) is 39.4 Å². The van der Waals surface area contributed by atoms with Crippen molar-refractivity contribution in [2.24, 2.45) is 11.3 Å². The van der Waals surface area contributed by atoms with Gasteiger partial charge in [0.05, 0.1) is 5.56 Å². The van der Waals surface area contributed by atoms with Crippen LogP contribution >= 0.6 is 0 Å². The Morgan fingerprint density at radius 1 is 1.38 bits per heavy atom. The molecule has 0 spiro atoms. The number of rotatable bonds is 3. The number of ether oxygens (including phenoxy) is 2. The summed E-state index contributed by atoms with van der Waals surface area (Å²) in [5.41, 5.74) is 4.12. The van der Waals surface area contributed by atoms with Gasteiger partial charge in [-0.15, -0.1) is 0 Å². The molecule has 0 saturated heterocycles. The summed E-state index contributed by atoms with van der Waals surface area (Å²) >= 11 is 0. The maximum atomic E-state index is 12.7. The lowest BCUT2D eigenvalue weighted by Gasteiger charge is -2.48. The molecule has 1 aromatic rings. The van der Waals surface area contributed by atoms with Gasteiger partial charge in [-0.2, -0.15) is 0 Å². The van der Waals surface area contributed by atoms with Crippen LogP contribution in [0.5, 0.6) is 0 Å². The first-order chi connectivity index (χ1) is 13.8. The standard InChI is InChI=1S/C23H26N2O4/c1-13-17-11-23(3)14(2)20(29-22(27)15-7-6-8-24-12-15)19(28-5)10-16(23)9-18(17)25(4)21(13)26/h6-10,12,14,19-20H,11H2,1-5H3/t14-,19+,20+,23+/m0/s1. The number of allylic oxidation sites excluding steroid dienone is 3. The van der Waals surface area contributed by atoms with Crippen LogP contribution in [0.25, 0.3) is 0 Å². The number of methoxy groups -OCH3 is 1. The van der Waals surface area contributed by atoms with E-state index in [2.05, 4.69) is 24.9 Å². The van der Waals surface area contributed by atoms with Crippen molar-refractivity contribution in [3.8, 4) is 0 Å². The van der Waals surface area contributed by atoms with Gasteiger partial charge in [0.2, 0.25) is 0 Å². The van der Waals surface area contributed by atoms with E-state index < -0.39 is 12.1 Å². The molecular weight excluding hydrogens is 368 g/mol. The summed E-state index contributed by atoms with van der Waals surface area (Å²) in [5, 5.41) is 0. The van der Waals surface area contributed by atoms with Crippen molar-refractivity contribution in [1.29, 1.82) is 0 Å². The molecule has 29 heavy (non-hydrogen) atoms. The average molecular weight is 394 g/mol. The molecule has 4 rings (SSSR count). The average Bonchev–Trinajstić information content (AvgIpc) is 2.93. The molecule has 1 aromatic heterocycles. The van der Waals surface area contributed by atoms with Crippen LogP contribution < -0.4 is 0 Å². The highest BCUT2D eigenvalue weighted by Crippen LogP contribution is 2.54. The van der Waals surface area contributed by atoms with Crippen molar-refractivity contribution in [3.05, 3.63) is 64.7 Å². The molecule has 0 unspecified atom stereocenters. The van der Waals surface area contributed by atoms with Crippen molar-refractivity contribution in [3.63, 3.8) is 0 Å². The second-order valence-corrected chi connectivity index (χ2v) is 8.31. The molecule has 6 nitrogen and oxygen atoms in total. The predicted molar refractivity (Wildman–Crippen MR) is 108 cm³/mol. The molecule has 0 fully saturated rings. The van der Waals surface area contributed by atoms with Gasteiger partial charge >= 0.3 is 5.97 Å². The summed E-state index contributed by atoms with van der Waals surface area (Å²) < 4.78 is 11.6. The van der Waals surface area contributed by atoms with Crippen LogP contribution in [0.3, 0.4) is 0 Å². The normalized spacial score (nSPS) is 31.1. The molecule has 4 atom stereocenters. The molecule has 1 aliphatic heterocycles. The van der Waals surface area contributed by atoms with E-state index in [9.17, 15) is 9.59 Å². The van der Waals surface area contributed by atoms with Gasteiger partial charge in [-0.1, -0.05) is 13.8 Å². The molecule has 0 radical (unpaired) electrons. The number of aromatic nitrogens is 1. The third-order valence-corrected chi connectivity index (χ3v) is 6.82. The van der Waals surface area contributed by atoms with Crippen LogP contribution in [-0.4, -0.2) is 48.1 Å². The molecule has 0 bridgehead atoms. The van der Waals surface area contributed by atoms with Gasteiger partial charge in [-0.3, -0.25) is 9.78 Å². The molecule has 3 aliphatic rings. The van der Waals surface area contributed by atoms with Crippen LogP contribution in [0, 0.1) is 11.3 Å². The summed E-state index contributed by atoms with van der Waals surface area (Å²) in [6.45, 7) is 6.16. The van der Waals surface area contributed by atoms with Crippen molar-refractivity contribution < 1.29 is 19.1 Å². The number of amides is 1. The van der Waals surface area contributed by atoms with E-state index in [1.165, 1.54) is 6.20 Å². The van der Waals surface area contributed by atoms with Crippen LogP contribution in [0.4, 0.5) is 0 Å². The lowest BCUT2D eigenvalue weighted by molar-refractivity contribution is -0.123. The fourth-order valence-corrected chi connectivity index (χ4v) is 4.70. The Hall–Kier alpha value is -2.73. The highest BCUT2D eigenvalue weighted by Gasteiger charge is 2.51. The number of fused-ring (bicyclic) bond motifs is 2. The zero-order chi connectivity index (χ0) is 20.9. The SMILES string of the molecule is CO[C@@H]1C=C2C=C3C(=C(C)C(=O)N3C)C[C@]2(C)[C@@H](C)[C@H]1OC(=O)c1cccnc1. The lowest BCUT2D eigenvalue weighted by atomic mass is 9.59. The van der Waals surface area contributed by atoms with Gasteiger partial charge in [-0.25, -0.2) is 4.79 Å². The summed E-state index contributed by atoms with van der Waals surface area (Å²) in [6, 6.07) is 3.40. The maximum absolute atomic E-state index is 12.7. The third-order valence-electron chi connectivity index (χ3n) is 6.82. The molecule has 0 saturated carbocycles. The highest BCUT2D eigenvalue weighted by molar-refractivity contribution is 6.00. The second-order valence-electron chi connectivity index (χ2n) is 8.31. The summed E-state index contributed by atoms with van der Waals surface area (Å²) in [4.78, 5) is 30.9. The number of likely N-dealkylation sites (N-methyl/N-ethyl adjacent to an activating group) is 1. The Kier molecular flexibility index (Phi) is 4.69. The summed E-state index contributed by atoms with van der Waals surface area (Å²) in [6.07, 6.45) is 7.18. The fourth-order valence-electron chi connectivity index (χ4n) is 4.70. The van der Waals surface area contributed by atoms with Gasteiger partial charge in [0.1, 0.15) is 12.2 Å². The number of carbonyl (C=O) groups excluding carboxylic acids is 2. The highest BCUT2D eigenvalue weighted by atomic mass is 16.6. The van der Waals surface area contributed by atoms with E-state index in [1.54, 1.807) is 30.3 Å². The Labute approximate surface area is 170 Å². The second kappa shape index (κ2) is 6.95. The zero-order valence-electron chi connectivity index (χ0n) is 17.4. The molecule has 6 heteroatoms. The Morgan fingerprint density at radius 2 is 2.14 bits per heavy atom. The summed E-state index contributed by atoms with van der Waals surface area (Å²) in [7, 11) is 3.44. The number of esters is 1. The molecule has 1 amide bonds. The third kappa shape index (κ3) is 2.94. The number of nitrogens with zero attached hydrogens (tertiary/aromatic N) is 2. The van der Waals surface area contributed by atoms with Crippen molar-refractivity contribution >= 4 is 11.9 Å². The fraction of sp³-hybridized carbons (Fsp3) is 0.435. The van der Waals surface area contributed by atoms with Gasteiger partial charge in [0.25, 0.3) is 5.91 Å². The molecule has 2 heterocycles. The molecule has 2 aliphatic carbocycles. The van der Waals surface area contributed by atoms with Gasteiger partial charge in [0.15, 0.2) is 0 Å². The molecular formula is C23H26N2O4. The number of hydrogen-bond donors (Lipinski definition) is 0. The number of carbonyl (C=O) groups is 2. The summed E-state index contributed by atoms with van der Waals surface area (Å²) in [5.74, 6) is -0.368. The first kappa shape index (κ1) is 19.6. The maximum Gasteiger partial charge on any atom is 0.340 e. The van der Waals surface area contributed by atoms with Crippen LogP contribution in [0.1, 0.15) is 37.6 Å². The smallest absolute Gasteiger partial charge is 0.340 e. The Bertz CT molecular complexity index is 962. The van der Waals surface area contributed by atoms with Gasteiger partial charge in [-0.05, 0) is 48.8 Å². The minimum Gasteiger partial charge on any atom is -0.455 e. The molecule has 0 N–H and O–H groups in total. The number of hydrogen-bond acceptors (Lipinski definition) is 5. The first-order valence-corrected chi connectivity index (χ1v) is 9.84. The van der Waals surface area contributed by atoms with E-state index in [0.717, 1.165) is 28.8 Å². The van der Waals surface area contributed by atoms with Crippen LogP contribution in [0.15, 0.2) is 59.1 Å². The monoisotopic (exact) mass is 394 g/mol. The quantitative estimate of drug-likeness (QED) is 0.736. The van der Waals surface area contributed by atoms with E-state index in [4.69, 9.17) is 9.47 Å². The topological polar surface area (TPSA) is 68.7 Å². The van der Waals surface area contributed by atoms with Crippen molar-refractivity contribution in [1.82, 2.24) is 9.88 Å². The first-order valence-electron chi connectivity index (χ1n) is 9.84. The molecule has 0 aromatic carbocycles. The van der Waals surface area contributed by atoms with E-state index in [0.29, 0.717) is 5.56 Å². The van der Waals surface area contributed by atoms with Crippen LogP contribution in [-0.2, 0) is 14.3 Å². The van der Waals surface area contributed by atoms with Crippen molar-refractivity contribution in [2.75, 3.05) is 14.2 Å².